The molecule has 0 bridgehead atoms. The normalized spacial score (nSPS) is 16.7. The Morgan fingerprint density at radius 2 is 2.24 bits per heavy atom. The SMILES string of the molecule is COCCN(C)C1CCn2c1c(-c1ccncn1)c1cc(Br)ccc12. The summed E-state index contributed by atoms with van der Waals surface area (Å²) in [5.41, 5.74) is 4.84. The van der Waals surface area contributed by atoms with E-state index in [4.69, 9.17) is 4.74 Å². The van der Waals surface area contributed by atoms with Crippen LogP contribution in [0.2, 0.25) is 0 Å². The lowest BCUT2D eigenvalue weighted by Gasteiger charge is -2.24. The summed E-state index contributed by atoms with van der Waals surface area (Å²) < 4.78 is 8.81. The Bertz CT molecular complexity index is 893. The van der Waals surface area contributed by atoms with Gasteiger partial charge >= 0.3 is 0 Å². The number of benzene rings is 1. The molecule has 0 spiro atoms. The molecule has 1 aliphatic rings. The van der Waals surface area contributed by atoms with E-state index in [1.54, 1.807) is 13.4 Å². The quantitative estimate of drug-likeness (QED) is 0.651. The van der Waals surface area contributed by atoms with Crippen molar-refractivity contribution >= 4 is 26.8 Å². The number of aromatic nitrogens is 3. The molecule has 2 aromatic heterocycles. The molecule has 0 amide bonds. The van der Waals surface area contributed by atoms with E-state index >= 15 is 0 Å². The third-order valence-corrected chi connectivity index (χ3v) is 5.52. The maximum Gasteiger partial charge on any atom is 0.116 e. The molecular formula is C19H21BrN4O. The molecule has 130 valence electrons. The number of methoxy groups -OCH3 is 1. The smallest absolute Gasteiger partial charge is 0.116 e. The molecule has 3 aromatic rings. The molecule has 0 saturated carbocycles. The third-order valence-electron chi connectivity index (χ3n) is 5.03. The number of hydrogen-bond donors (Lipinski definition) is 0. The van der Waals surface area contributed by atoms with Gasteiger partial charge in [-0.2, -0.15) is 0 Å². The van der Waals surface area contributed by atoms with Crippen LogP contribution in [0.5, 0.6) is 0 Å². The molecule has 3 heterocycles. The van der Waals surface area contributed by atoms with Crippen LogP contribution >= 0.6 is 15.9 Å². The summed E-state index contributed by atoms with van der Waals surface area (Å²) in [7, 11) is 3.93. The summed E-state index contributed by atoms with van der Waals surface area (Å²) >= 11 is 3.62. The second-order valence-corrected chi connectivity index (χ2v) is 7.36. The van der Waals surface area contributed by atoms with Crippen LogP contribution in [0.3, 0.4) is 0 Å². The molecule has 0 radical (unpaired) electrons. The van der Waals surface area contributed by atoms with Gasteiger partial charge in [0.15, 0.2) is 0 Å². The lowest BCUT2D eigenvalue weighted by atomic mass is 10.0. The van der Waals surface area contributed by atoms with Crippen LogP contribution in [0.4, 0.5) is 0 Å². The van der Waals surface area contributed by atoms with Gasteiger partial charge in [0.1, 0.15) is 6.33 Å². The van der Waals surface area contributed by atoms with E-state index in [-0.39, 0.29) is 0 Å². The fraction of sp³-hybridized carbons (Fsp3) is 0.368. The molecule has 6 heteroatoms. The highest BCUT2D eigenvalue weighted by molar-refractivity contribution is 9.10. The van der Waals surface area contributed by atoms with Crippen molar-refractivity contribution in [2.24, 2.45) is 0 Å². The highest BCUT2D eigenvalue weighted by Gasteiger charge is 2.32. The molecule has 0 fully saturated rings. The van der Waals surface area contributed by atoms with Crippen LogP contribution in [0.15, 0.2) is 41.3 Å². The first-order chi connectivity index (χ1) is 12.2. The second kappa shape index (κ2) is 6.86. The van der Waals surface area contributed by atoms with Crippen molar-refractivity contribution in [1.29, 1.82) is 0 Å². The topological polar surface area (TPSA) is 43.2 Å². The largest absolute Gasteiger partial charge is 0.383 e. The Kier molecular flexibility index (Phi) is 4.58. The minimum Gasteiger partial charge on any atom is -0.383 e. The average molecular weight is 401 g/mol. The Morgan fingerprint density at radius 3 is 3.00 bits per heavy atom. The molecule has 0 N–H and O–H groups in total. The minimum absolute atomic E-state index is 0.367. The van der Waals surface area contributed by atoms with Gasteiger partial charge in [-0.1, -0.05) is 15.9 Å². The number of ether oxygens (including phenoxy) is 1. The standard InChI is InChI=1S/C19H21BrN4O/c1-23(9-10-25-2)17-6-8-24-16-4-3-13(20)11-14(16)18(19(17)24)15-5-7-21-12-22-15/h3-5,7,11-12,17H,6,8-10H2,1-2H3. The predicted molar refractivity (Wildman–Crippen MR) is 103 cm³/mol. The second-order valence-electron chi connectivity index (χ2n) is 6.45. The van der Waals surface area contributed by atoms with Crippen LogP contribution in [-0.2, 0) is 11.3 Å². The van der Waals surface area contributed by atoms with Gasteiger partial charge in [0.25, 0.3) is 0 Å². The lowest BCUT2D eigenvalue weighted by molar-refractivity contribution is 0.139. The number of hydrogen-bond acceptors (Lipinski definition) is 4. The van der Waals surface area contributed by atoms with Crippen molar-refractivity contribution in [3.63, 3.8) is 0 Å². The first-order valence-electron chi connectivity index (χ1n) is 8.48. The van der Waals surface area contributed by atoms with Crippen molar-refractivity contribution in [3.05, 3.63) is 47.0 Å². The fourth-order valence-electron chi connectivity index (χ4n) is 3.85. The summed E-state index contributed by atoms with van der Waals surface area (Å²) in [6.45, 7) is 2.68. The van der Waals surface area contributed by atoms with Gasteiger partial charge in [-0.25, -0.2) is 9.97 Å². The van der Waals surface area contributed by atoms with Gasteiger partial charge in [0.2, 0.25) is 0 Å². The van der Waals surface area contributed by atoms with Gasteiger partial charge < -0.3 is 9.30 Å². The van der Waals surface area contributed by atoms with E-state index in [1.165, 1.54) is 22.2 Å². The molecule has 5 nitrogen and oxygen atoms in total. The van der Waals surface area contributed by atoms with E-state index in [0.29, 0.717) is 6.04 Å². The lowest BCUT2D eigenvalue weighted by Crippen LogP contribution is -2.27. The average Bonchev–Trinajstić information content (AvgIpc) is 3.18. The Balaban J connectivity index is 1.91. The van der Waals surface area contributed by atoms with Crippen molar-refractivity contribution in [1.82, 2.24) is 19.4 Å². The zero-order chi connectivity index (χ0) is 17.4. The summed E-state index contributed by atoms with van der Waals surface area (Å²) in [4.78, 5) is 11.0. The number of aryl methyl sites for hydroxylation is 1. The summed E-state index contributed by atoms with van der Waals surface area (Å²) in [5.74, 6) is 0. The molecule has 4 rings (SSSR count). The van der Waals surface area contributed by atoms with Gasteiger partial charge in [-0.05, 0) is 37.7 Å². The maximum absolute atomic E-state index is 5.27. The highest BCUT2D eigenvalue weighted by Crippen LogP contribution is 2.44. The molecule has 1 aromatic carbocycles. The van der Waals surface area contributed by atoms with Gasteiger partial charge in [-0.15, -0.1) is 0 Å². The number of nitrogens with zero attached hydrogens (tertiary/aromatic N) is 4. The van der Waals surface area contributed by atoms with Gasteiger partial charge in [0, 0.05) is 53.0 Å². The summed E-state index contributed by atoms with van der Waals surface area (Å²) in [6, 6.07) is 8.88. The van der Waals surface area contributed by atoms with E-state index in [9.17, 15) is 0 Å². The first kappa shape index (κ1) is 16.7. The number of halogens is 1. The van der Waals surface area contributed by atoms with Crippen LogP contribution < -0.4 is 0 Å². The number of likely N-dealkylation sites (N-methyl/N-ethyl adjacent to an activating group) is 1. The molecule has 0 saturated heterocycles. The monoisotopic (exact) mass is 400 g/mol. The molecule has 1 aliphatic heterocycles. The number of rotatable bonds is 5. The Hall–Kier alpha value is -1.76. The van der Waals surface area contributed by atoms with E-state index in [0.717, 1.165) is 36.3 Å². The van der Waals surface area contributed by atoms with E-state index in [2.05, 4.69) is 60.6 Å². The third kappa shape index (κ3) is 2.88. The highest BCUT2D eigenvalue weighted by atomic mass is 79.9. The van der Waals surface area contributed by atoms with Crippen LogP contribution in [-0.4, -0.2) is 46.7 Å². The van der Waals surface area contributed by atoms with E-state index in [1.807, 2.05) is 12.3 Å². The van der Waals surface area contributed by atoms with Crippen LogP contribution in [0, 0.1) is 0 Å². The van der Waals surface area contributed by atoms with Gasteiger partial charge in [0.05, 0.1) is 18.3 Å². The van der Waals surface area contributed by atoms with Crippen molar-refractivity contribution in [2.75, 3.05) is 27.3 Å². The fourth-order valence-corrected chi connectivity index (χ4v) is 4.21. The van der Waals surface area contributed by atoms with E-state index < -0.39 is 0 Å². The Labute approximate surface area is 155 Å². The zero-order valence-electron chi connectivity index (χ0n) is 14.4. The summed E-state index contributed by atoms with van der Waals surface area (Å²) in [6.07, 6.45) is 4.55. The summed E-state index contributed by atoms with van der Waals surface area (Å²) in [5, 5.41) is 1.24. The van der Waals surface area contributed by atoms with Crippen molar-refractivity contribution < 1.29 is 4.74 Å². The zero-order valence-corrected chi connectivity index (χ0v) is 16.0. The Morgan fingerprint density at radius 1 is 1.36 bits per heavy atom. The van der Waals surface area contributed by atoms with Gasteiger partial charge in [-0.3, -0.25) is 4.90 Å². The maximum atomic E-state index is 5.27. The molecule has 1 unspecified atom stereocenters. The predicted octanol–water partition coefficient (Wildman–Crippen LogP) is 3.88. The molecule has 0 aliphatic carbocycles. The van der Waals surface area contributed by atoms with Crippen molar-refractivity contribution in [3.8, 4) is 11.3 Å². The molecule has 1 atom stereocenters. The molecular weight excluding hydrogens is 380 g/mol. The minimum atomic E-state index is 0.367. The van der Waals surface area contributed by atoms with Crippen LogP contribution in [0.1, 0.15) is 18.2 Å². The van der Waals surface area contributed by atoms with Crippen LogP contribution in [0.25, 0.3) is 22.2 Å². The first-order valence-corrected chi connectivity index (χ1v) is 9.27. The van der Waals surface area contributed by atoms with Crippen molar-refractivity contribution in [2.45, 2.75) is 19.0 Å². The molecule has 25 heavy (non-hydrogen) atoms. The number of fused-ring (bicyclic) bond motifs is 3.